The molecule has 1 saturated carbocycles. The number of likely N-dealkylation sites (tertiary alicyclic amines) is 1. The Morgan fingerprint density at radius 1 is 1.29 bits per heavy atom. The van der Waals surface area contributed by atoms with Gasteiger partial charge in [0.1, 0.15) is 23.4 Å². The van der Waals surface area contributed by atoms with Crippen LogP contribution in [0.5, 0.6) is 0 Å². The summed E-state index contributed by atoms with van der Waals surface area (Å²) < 4.78 is 3.46. The number of nitrogens with zero attached hydrogens (tertiary/aromatic N) is 7. The molecule has 1 aliphatic heterocycles. The normalized spacial score (nSPS) is 21.5. The summed E-state index contributed by atoms with van der Waals surface area (Å²) in [5.74, 6) is 0.518. The zero-order valence-corrected chi connectivity index (χ0v) is 20.5. The number of amides is 2. The van der Waals surface area contributed by atoms with Gasteiger partial charge in [-0.15, -0.1) is 5.10 Å². The van der Waals surface area contributed by atoms with Gasteiger partial charge in [0.15, 0.2) is 5.65 Å². The van der Waals surface area contributed by atoms with E-state index in [1.165, 1.54) is 4.90 Å². The zero-order valence-electron chi connectivity index (χ0n) is 20.5. The van der Waals surface area contributed by atoms with E-state index >= 15 is 0 Å². The number of aryl methyl sites for hydroxylation is 1. The minimum absolute atomic E-state index is 0.101. The summed E-state index contributed by atoms with van der Waals surface area (Å²) in [6.45, 7) is 6.20. The molecule has 4 heterocycles. The van der Waals surface area contributed by atoms with Crippen LogP contribution in [0.25, 0.3) is 11.2 Å². The fourth-order valence-corrected chi connectivity index (χ4v) is 4.84. The average Bonchev–Trinajstić information content (AvgIpc) is 3.27. The number of nitrogens with one attached hydrogen (secondary N) is 1. The molecule has 0 unspecified atom stereocenters. The number of carbonyl (C=O) groups is 2. The van der Waals surface area contributed by atoms with Crippen molar-refractivity contribution in [3.63, 3.8) is 0 Å². The van der Waals surface area contributed by atoms with E-state index in [9.17, 15) is 14.7 Å². The molecule has 11 nitrogen and oxygen atoms in total. The number of aliphatic hydroxyl groups excluding tert-OH is 1. The lowest BCUT2D eigenvalue weighted by Gasteiger charge is -2.34. The number of pyridine rings is 1. The van der Waals surface area contributed by atoms with Crippen LogP contribution in [0.15, 0.2) is 24.5 Å². The van der Waals surface area contributed by atoms with E-state index in [0.29, 0.717) is 11.7 Å². The standard InChI is InChI=1S/C24H32N8O3/c1-24(2,3)20(32-13-17(28-29-32)14-7-8-14)23(35)31-12-15(33)10-18(31)22(34)26-11-19-27-16-6-5-9-25-21(16)30(19)4/h5-6,9,13-15,18,20,33H,7-8,10-12H2,1-4H3,(H,26,34)/t15-,18+,20-/m1/s1. The topological polar surface area (TPSA) is 131 Å². The maximum Gasteiger partial charge on any atom is 0.248 e. The predicted molar refractivity (Wildman–Crippen MR) is 127 cm³/mol. The van der Waals surface area contributed by atoms with Crippen LogP contribution in [0.1, 0.15) is 63.5 Å². The second-order valence-electron chi connectivity index (χ2n) is 10.7. The molecule has 0 radical (unpaired) electrons. The van der Waals surface area contributed by atoms with Crippen LogP contribution in [-0.4, -0.2) is 70.0 Å². The van der Waals surface area contributed by atoms with E-state index in [0.717, 1.165) is 29.7 Å². The minimum Gasteiger partial charge on any atom is -0.391 e. The summed E-state index contributed by atoms with van der Waals surface area (Å²) in [6, 6.07) is 2.26. The van der Waals surface area contributed by atoms with Gasteiger partial charge in [0, 0.05) is 38.3 Å². The van der Waals surface area contributed by atoms with Gasteiger partial charge >= 0.3 is 0 Å². The van der Waals surface area contributed by atoms with Crippen LogP contribution in [0, 0.1) is 5.41 Å². The van der Waals surface area contributed by atoms with Gasteiger partial charge in [-0.25, -0.2) is 14.6 Å². The highest BCUT2D eigenvalue weighted by Crippen LogP contribution is 2.40. The molecule has 3 aromatic rings. The van der Waals surface area contributed by atoms with Gasteiger partial charge in [-0.05, 0) is 30.4 Å². The number of hydrogen-bond donors (Lipinski definition) is 2. The van der Waals surface area contributed by atoms with Crippen molar-refractivity contribution in [1.29, 1.82) is 0 Å². The molecule has 2 amide bonds. The van der Waals surface area contributed by atoms with Crippen LogP contribution < -0.4 is 5.32 Å². The molecule has 35 heavy (non-hydrogen) atoms. The molecular weight excluding hydrogens is 448 g/mol. The molecular formula is C24H32N8O3. The number of hydrogen-bond acceptors (Lipinski definition) is 7. The van der Waals surface area contributed by atoms with Gasteiger partial charge in [0.25, 0.3) is 0 Å². The fraction of sp³-hybridized carbons (Fsp3) is 0.583. The van der Waals surface area contributed by atoms with Gasteiger partial charge in [-0.1, -0.05) is 26.0 Å². The quantitative estimate of drug-likeness (QED) is 0.544. The van der Waals surface area contributed by atoms with Crippen molar-refractivity contribution >= 4 is 23.0 Å². The molecule has 0 spiro atoms. The Morgan fingerprint density at radius 2 is 2.06 bits per heavy atom. The van der Waals surface area contributed by atoms with Crippen LogP contribution in [0.2, 0.25) is 0 Å². The molecule has 3 atom stereocenters. The molecule has 2 fully saturated rings. The molecule has 11 heteroatoms. The molecule has 1 aliphatic carbocycles. The van der Waals surface area contributed by atoms with E-state index in [1.54, 1.807) is 10.9 Å². The molecule has 0 bridgehead atoms. The smallest absolute Gasteiger partial charge is 0.248 e. The molecule has 3 aromatic heterocycles. The van der Waals surface area contributed by atoms with Gasteiger partial charge in [0.05, 0.1) is 18.3 Å². The van der Waals surface area contributed by atoms with E-state index < -0.39 is 23.6 Å². The Labute approximate surface area is 203 Å². The van der Waals surface area contributed by atoms with Crippen LogP contribution in [0.3, 0.4) is 0 Å². The van der Waals surface area contributed by atoms with Gasteiger partial charge < -0.3 is 19.9 Å². The summed E-state index contributed by atoms with van der Waals surface area (Å²) in [7, 11) is 1.85. The summed E-state index contributed by atoms with van der Waals surface area (Å²) in [4.78, 5) is 37.4. The minimum atomic E-state index is -0.776. The molecule has 186 valence electrons. The Hall–Kier alpha value is -3.34. The largest absolute Gasteiger partial charge is 0.391 e. The van der Waals surface area contributed by atoms with Crippen molar-refractivity contribution in [2.75, 3.05) is 6.54 Å². The highest BCUT2D eigenvalue weighted by atomic mass is 16.3. The number of aromatic nitrogens is 6. The van der Waals surface area contributed by atoms with E-state index in [2.05, 4.69) is 25.6 Å². The maximum atomic E-state index is 13.8. The van der Waals surface area contributed by atoms with Crippen molar-refractivity contribution in [3.05, 3.63) is 36.0 Å². The highest BCUT2D eigenvalue weighted by molar-refractivity contribution is 5.90. The van der Waals surface area contributed by atoms with Crippen molar-refractivity contribution in [3.8, 4) is 0 Å². The second-order valence-corrected chi connectivity index (χ2v) is 10.7. The summed E-state index contributed by atoms with van der Waals surface area (Å²) >= 11 is 0. The van der Waals surface area contributed by atoms with E-state index in [-0.39, 0.29) is 31.3 Å². The van der Waals surface area contributed by atoms with Crippen LogP contribution >= 0.6 is 0 Å². The summed E-state index contributed by atoms with van der Waals surface area (Å²) in [5.41, 5.74) is 1.91. The molecule has 2 N–H and O–H groups in total. The SMILES string of the molecule is Cn1c(CNC(=O)[C@@H]2C[C@@H](O)CN2C(=O)[C@@H](n2cc(C3CC3)nn2)C(C)(C)C)nc2cccnc21. The third-order valence-corrected chi connectivity index (χ3v) is 6.85. The Morgan fingerprint density at radius 3 is 2.74 bits per heavy atom. The van der Waals surface area contributed by atoms with Crippen molar-refractivity contribution in [2.45, 2.75) is 70.7 Å². The predicted octanol–water partition coefficient (Wildman–Crippen LogP) is 1.30. The van der Waals surface area contributed by atoms with Gasteiger partial charge in [-0.2, -0.15) is 0 Å². The number of rotatable bonds is 6. The van der Waals surface area contributed by atoms with Crippen molar-refractivity contribution in [2.24, 2.45) is 12.5 Å². The number of aliphatic hydroxyl groups is 1. The molecule has 5 rings (SSSR count). The monoisotopic (exact) mass is 480 g/mol. The highest BCUT2D eigenvalue weighted by Gasteiger charge is 2.45. The number of imidazole rings is 1. The maximum absolute atomic E-state index is 13.8. The van der Waals surface area contributed by atoms with Gasteiger partial charge in [0.2, 0.25) is 11.8 Å². The number of carbonyl (C=O) groups excluding carboxylic acids is 2. The van der Waals surface area contributed by atoms with Crippen molar-refractivity contribution in [1.82, 2.24) is 39.7 Å². The van der Waals surface area contributed by atoms with E-state index in [1.807, 2.05) is 50.7 Å². The summed E-state index contributed by atoms with van der Waals surface area (Å²) in [5, 5.41) is 21.9. The molecule has 0 aromatic carbocycles. The Bertz CT molecular complexity index is 1260. The third kappa shape index (κ3) is 4.52. The number of fused-ring (bicyclic) bond motifs is 1. The first-order valence-corrected chi connectivity index (χ1v) is 12.1. The lowest BCUT2D eigenvalue weighted by atomic mass is 9.85. The van der Waals surface area contributed by atoms with Crippen LogP contribution in [-0.2, 0) is 23.2 Å². The fourth-order valence-electron chi connectivity index (χ4n) is 4.84. The van der Waals surface area contributed by atoms with Gasteiger partial charge in [-0.3, -0.25) is 9.59 Å². The second kappa shape index (κ2) is 8.71. The van der Waals surface area contributed by atoms with Crippen molar-refractivity contribution < 1.29 is 14.7 Å². The van der Waals surface area contributed by atoms with E-state index in [4.69, 9.17) is 0 Å². The number of β-amino-alcohol motifs (C(OH)–C–C–N with tert-alkyl or cyclic N) is 1. The average molecular weight is 481 g/mol. The first-order valence-electron chi connectivity index (χ1n) is 12.1. The first-order chi connectivity index (χ1) is 16.6. The summed E-state index contributed by atoms with van der Waals surface area (Å²) in [6.07, 6.45) is 5.15. The van der Waals surface area contributed by atoms with Crippen LogP contribution in [0.4, 0.5) is 0 Å². The lowest BCUT2D eigenvalue weighted by molar-refractivity contribution is -0.144. The lowest BCUT2D eigenvalue weighted by Crippen LogP contribution is -2.50. The molecule has 1 saturated heterocycles. The Balaban J connectivity index is 1.34. The third-order valence-electron chi connectivity index (χ3n) is 6.85. The first kappa shape index (κ1) is 23.4. The zero-order chi connectivity index (χ0) is 24.9. The Kier molecular flexibility index (Phi) is 5.82. The molecule has 2 aliphatic rings.